The Hall–Kier alpha value is -3.23. The minimum Gasteiger partial charge on any atom is -0.495 e. The van der Waals surface area contributed by atoms with Crippen molar-refractivity contribution in [2.75, 3.05) is 12.0 Å². The molecular weight excluding hydrogens is 480 g/mol. The molecule has 1 fully saturated rings. The maximum absolute atomic E-state index is 13.2. The van der Waals surface area contributed by atoms with Crippen LogP contribution in [0, 0.1) is 6.92 Å². The highest BCUT2D eigenvalue weighted by Crippen LogP contribution is 2.33. The summed E-state index contributed by atoms with van der Waals surface area (Å²) < 4.78 is 12.1. The molecule has 156 valence electrons. The van der Waals surface area contributed by atoms with E-state index in [0.29, 0.717) is 23.0 Å². The van der Waals surface area contributed by atoms with Crippen molar-refractivity contribution < 1.29 is 18.7 Å². The minimum atomic E-state index is -0.587. The van der Waals surface area contributed by atoms with Crippen LogP contribution in [0.1, 0.15) is 11.3 Å². The van der Waals surface area contributed by atoms with Gasteiger partial charge in [0.25, 0.3) is 11.8 Å². The monoisotopic (exact) mass is 496 g/mol. The van der Waals surface area contributed by atoms with E-state index in [9.17, 15) is 9.59 Å². The molecule has 2 heterocycles. The second kappa shape index (κ2) is 8.49. The number of carbonyl (C=O) groups is 2. The predicted octanol–water partition coefficient (Wildman–Crippen LogP) is 4.86. The molecule has 2 aromatic carbocycles. The van der Waals surface area contributed by atoms with Crippen LogP contribution >= 0.6 is 28.1 Å². The van der Waals surface area contributed by atoms with Crippen molar-refractivity contribution in [1.82, 2.24) is 5.32 Å². The van der Waals surface area contributed by atoms with Crippen LogP contribution in [0.25, 0.3) is 17.4 Å². The third kappa shape index (κ3) is 4.04. The number of nitrogens with zero attached hydrogens (tertiary/aromatic N) is 1. The van der Waals surface area contributed by atoms with Crippen LogP contribution in [0.3, 0.4) is 0 Å². The average Bonchev–Trinajstić information content (AvgIpc) is 3.19. The van der Waals surface area contributed by atoms with Crippen molar-refractivity contribution in [3.05, 3.63) is 76.0 Å². The number of anilines is 1. The zero-order valence-electron chi connectivity index (χ0n) is 16.6. The quantitative estimate of drug-likeness (QED) is 0.317. The summed E-state index contributed by atoms with van der Waals surface area (Å²) in [7, 11) is 1.50. The van der Waals surface area contributed by atoms with Crippen LogP contribution in [0.2, 0.25) is 0 Å². The van der Waals surface area contributed by atoms with E-state index in [1.165, 1.54) is 18.1 Å². The van der Waals surface area contributed by atoms with Crippen molar-refractivity contribution in [2.45, 2.75) is 6.92 Å². The first kappa shape index (κ1) is 21.0. The van der Waals surface area contributed by atoms with Crippen molar-refractivity contribution in [2.24, 2.45) is 0 Å². The summed E-state index contributed by atoms with van der Waals surface area (Å²) in [5.74, 6) is 0.287. The van der Waals surface area contributed by atoms with Crippen LogP contribution in [0.4, 0.5) is 5.69 Å². The van der Waals surface area contributed by atoms with Gasteiger partial charge in [-0.1, -0.05) is 34.1 Å². The lowest BCUT2D eigenvalue weighted by molar-refractivity contribution is -0.122. The minimum absolute atomic E-state index is 0.0135. The molecule has 0 aliphatic carbocycles. The number of methoxy groups -OCH3 is 1. The molecule has 1 saturated heterocycles. The highest BCUT2D eigenvalue weighted by atomic mass is 79.9. The largest absolute Gasteiger partial charge is 0.495 e. The zero-order valence-corrected chi connectivity index (χ0v) is 19.0. The molecule has 0 spiro atoms. The summed E-state index contributed by atoms with van der Waals surface area (Å²) >= 11 is 8.78. The van der Waals surface area contributed by atoms with E-state index < -0.39 is 11.8 Å². The number of carbonyl (C=O) groups excluding carboxylic acids is 2. The molecule has 1 aliphatic heterocycles. The number of thiocarbonyl (C=S) groups is 1. The van der Waals surface area contributed by atoms with E-state index in [1.807, 2.05) is 25.1 Å². The Morgan fingerprint density at radius 1 is 1.13 bits per heavy atom. The van der Waals surface area contributed by atoms with E-state index in [2.05, 4.69) is 21.2 Å². The highest BCUT2D eigenvalue weighted by molar-refractivity contribution is 9.10. The van der Waals surface area contributed by atoms with Crippen LogP contribution in [-0.4, -0.2) is 24.0 Å². The predicted molar refractivity (Wildman–Crippen MR) is 126 cm³/mol. The Balaban J connectivity index is 1.70. The smallest absolute Gasteiger partial charge is 0.270 e. The Morgan fingerprint density at radius 2 is 1.90 bits per heavy atom. The topological polar surface area (TPSA) is 71.8 Å². The second-order valence-electron chi connectivity index (χ2n) is 6.82. The first-order chi connectivity index (χ1) is 14.9. The maximum atomic E-state index is 13.2. The van der Waals surface area contributed by atoms with Gasteiger partial charge < -0.3 is 9.15 Å². The van der Waals surface area contributed by atoms with Gasteiger partial charge in [0.05, 0.1) is 12.8 Å². The number of benzene rings is 2. The fourth-order valence-corrected chi connectivity index (χ4v) is 4.19. The molecule has 1 aromatic heterocycles. The molecule has 2 amide bonds. The van der Waals surface area contributed by atoms with Gasteiger partial charge in [-0.2, -0.15) is 0 Å². The average molecular weight is 497 g/mol. The lowest BCUT2D eigenvalue weighted by Gasteiger charge is -2.29. The molecule has 8 heteroatoms. The number of aryl methyl sites for hydroxylation is 1. The van der Waals surface area contributed by atoms with Crippen LogP contribution in [0.5, 0.6) is 5.75 Å². The highest BCUT2D eigenvalue weighted by Gasteiger charge is 2.36. The normalized spacial score (nSPS) is 15.4. The van der Waals surface area contributed by atoms with Gasteiger partial charge in [-0.3, -0.25) is 14.9 Å². The summed E-state index contributed by atoms with van der Waals surface area (Å²) in [5.41, 5.74) is 2.32. The summed E-state index contributed by atoms with van der Waals surface area (Å²) in [6, 6.07) is 16.3. The van der Waals surface area contributed by atoms with Gasteiger partial charge in [-0.05, 0) is 67.2 Å². The molecule has 0 atom stereocenters. The number of nitrogens with one attached hydrogen (secondary N) is 1. The van der Waals surface area contributed by atoms with Gasteiger partial charge >= 0.3 is 0 Å². The molecule has 0 bridgehead atoms. The fourth-order valence-electron chi connectivity index (χ4n) is 3.23. The zero-order chi connectivity index (χ0) is 22.1. The Labute approximate surface area is 192 Å². The number of para-hydroxylation sites is 2. The molecule has 31 heavy (non-hydrogen) atoms. The van der Waals surface area contributed by atoms with Crippen LogP contribution in [0.15, 0.2) is 69.1 Å². The molecule has 3 aromatic rings. The summed E-state index contributed by atoms with van der Waals surface area (Å²) in [5, 5.41) is 2.54. The van der Waals surface area contributed by atoms with Gasteiger partial charge in [0.1, 0.15) is 22.8 Å². The van der Waals surface area contributed by atoms with Crippen molar-refractivity contribution in [1.29, 1.82) is 0 Å². The number of hydrogen-bond donors (Lipinski definition) is 1. The standard InChI is InChI=1S/C23H17BrN2O4S/c1-13-7-9-15(17(24)11-13)19-10-8-14(30-19)12-16-21(27)25-23(31)26(22(16)28)18-5-3-4-6-20(18)29-2/h3-12H,1-2H3,(H,25,27,31)/b16-12-. The second-order valence-corrected chi connectivity index (χ2v) is 8.06. The van der Waals surface area contributed by atoms with E-state index in [1.54, 1.807) is 36.4 Å². The van der Waals surface area contributed by atoms with Crippen molar-refractivity contribution in [3.8, 4) is 17.1 Å². The van der Waals surface area contributed by atoms with Gasteiger partial charge in [0, 0.05) is 10.0 Å². The van der Waals surface area contributed by atoms with Crippen molar-refractivity contribution in [3.63, 3.8) is 0 Å². The number of rotatable bonds is 4. The third-order valence-corrected chi connectivity index (χ3v) is 5.67. The first-order valence-corrected chi connectivity index (χ1v) is 10.5. The molecular formula is C23H17BrN2O4S. The summed E-state index contributed by atoms with van der Waals surface area (Å²) in [6.45, 7) is 2.00. The van der Waals surface area contributed by atoms with E-state index >= 15 is 0 Å². The number of ether oxygens (including phenoxy) is 1. The Bertz CT molecular complexity index is 1250. The molecule has 6 nitrogen and oxygen atoms in total. The number of hydrogen-bond acceptors (Lipinski definition) is 5. The van der Waals surface area contributed by atoms with Gasteiger partial charge in [0.2, 0.25) is 0 Å². The van der Waals surface area contributed by atoms with Gasteiger partial charge in [-0.25, -0.2) is 4.90 Å². The van der Waals surface area contributed by atoms with Crippen molar-refractivity contribution >= 4 is 56.8 Å². The van der Waals surface area contributed by atoms with E-state index in [0.717, 1.165) is 15.6 Å². The Morgan fingerprint density at radius 3 is 2.65 bits per heavy atom. The molecule has 0 radical (unpaired) electrons. The summed E-state index contributed by atoms with van der Waals surface area (Å²) in [4.78, 5) is 27.0. The van der Waals surface area contributed by atoms with E-state index in [4.69, 9.17) is 21.4 Å². The molecule has 0 saturated carbocycles. The van der Waals surface area contributed by atoms with Gasteiger partial charge in [-0.15, -0.1) is 0 Å². The fraction of sp³-hybridized carbons (Fsp3) is 0.0870. The number of halogens is 1. The Kier molecular flexibility index (Phi) is 5.75. The van der Waals surface area contributed by atoms with Gasteiger partial charge in [0.15, 0.2) is 5.11 Å². The molecule has 1 N–H and O–H groups in total. The summed E-state index contributed by atoms with van der Waals surface area (Å²) in [6.07, 6.45) is 1.41. The third-order valence-electron chi connectivity index (χ3n) is 4.73. The van der Waals surface area contributed by atoms with Crippen LogP contribution in [-0.2, 0) is 9.59 Å². The molecule has 1 aliphatic rings. The maximum Gasteiger partial charge on any atom is 0.270 e. The number of furan rings is 1. The molecule has 4 rings (SSSR count). The SMILES string of the molecule is COc1ccccc1N1C(=O)/C(=C\c2ccc(-c3ccc(C)cc3Br)o2)C(=O)NC1=S. The lowest BCUT2D eigenvalue weighted by atomic mass is 10.1. The molecule has 0 unspecified atom stereocenters. The number of amides is 2. The first-order valence-electron chi connectivity index (χ1n) is 9.30. The van der Waals surface area contributed by atoms with E-state index in [-0.39, 0.29) is 10.7 Å². The van der Waals surface area contributed by atoms with Crippen LogP contribution < -0.4 is 15.0 Å². The lowest BCUT2D eigenvalue weighted by Crippen LogP contribution is -2.54.